The van der Waals surface area contributed by atoms with Crippen LogP contribution in [0.25, 0.3) is 0 Å². The minimum Gasteiger partial charge on any atom is -0.347 e. The standard InChI is InChI=1S/C15H18N4/c1-2-16-7-14-8-18-15(9-17-14)19-10-12-5-3-4-6-13(12)11-19/h3-6,8-9,16H,2,7,10-11H2,1H3. The van der Waals surface area contributed by atoms with Crippen LogP contribution in [0, 0.1) is 0 Å². The summed E-state index contributed by atoms with van der Waals surface area (Å²) in [6, 6.07) is 8.55. The number of nitrogens with one attached hydrogen (secondary N) is 1. The van der Waals surface area contributed by atoms with E-state index in [1.807, 2.05) is 12.4 Å². The van der Waals surface area contributed by atoms with Crippen molar-refractivity contribution in [2.24, 2.45) is 0 Å². The molecule has 3 rings (SSSR count). The summed E-state index contributed by atoms with van der Waals surface area (Å²) in [5, 5.41) is 3.25. The molecular formula is C15H18N4. The van der Waals surface area contributed by atoms with Crippen molar-refractivity contribution in [1.29, 1.82) is 0 Å². The Morgan fingerprint density at radius 1 is 1.11 bits per heavy atom. The van der Waals surface area contributed by atoms with E-state index in [9.17, 15) is 0 Å². The first-order valence-electron chi connectivity index (χ1n) is 6.70. The number of benzene rings is 1. The maximum Gasteiger partial charge on any atom is 0.147 e. The molecule has 0 atom stereocenters. The molecule has 0 radical (unpaired) electrons. The summed E-state index contributed by atoms with van der Waals surface area (Å²) in [5.41, 5.74) is 3.77. The molecule has 98 valence electrons. The lowest BCUT2D eigenvalue weighted by Crippen LogP contribution is -2.17. The van der Waals surface area contributed by atoms with Gasteiger partial charge in [0, 0.05) is 19.6 Å². The van der Waals surface area contributed by atoms with Crippen LogP contribution >= 0.6 is 0 Å². The molecule has 2 aromatic rings. The van der Waals surface area contributed by atoms with Gasteiger partial charge in [-0.25, -0.2) is 4.98 Å². The highest BCUT2D eigenvalue weighted by Gasteiger charge is 2.19. The minimum atomic E-state index is 0.782. The van der Waals surface area contributed by atoms with Crippen molar-refractivity contribution in [1.82, 2.24) is 15.3 Å². The normalized spacial score (nSPS) is 13.6. The highest BCUT2D eigenvalue weighted by atomic mass is 15.2. The van der Waals surface area contributed by atoms with Gasteiger partial charge in [0.15, 0.2) is 0 Å². The molecular weight excluding hydrogens is 236 g/mol. The van der Waals surface area contributed by atoms with Gasteiger partial charge in [0.05, 0.1) is 18.1 Å². The lowest BCUT2D eigenvalue weighted by Gasteiger charge is -2.16. The highest BCUT2D eigenvalue weighted by Crippen LogP contribution is 2.25. The summed E-state index contributed by atoms with van der Waals surface area (Å²) in [5.74, 6) is 0.955. The molecule has 0 saturated heterocycles. The number of aromatic nitrogens is 2. The van der Waals surface area contributed by atoms with E-state index in [0.29, 0.717) is 0 Å². The Morgan fingerprint density at radius 3 is 2.42 bits per heavy atom. The predicted molar refractivity (Wildman–Crippen MR) is 75.7 cm³/mol. The van der Waals surface area contributed by atoms with Crippen LogP contribution < -0.4 is 10.2 Å². The van der Waals surface area contributed by atoms with Crippen LogP contribution in [0.15, 0.2) is 36.7 Å². The zero-order valence-electron chi connectivity index (χ0n) is 11.1. The third-order valence-corrected chi connectivity index (χ3v) is 3.41. The first-order valence-corrected chi connectivity index (χ1v) is 6.70. The second-order valence-corrected chi connectivity index (χ2v) is 4.77. The largest absolute Gasteiger partial charge is 0.347 e. The van der Waals surface area contributed by atoms with Gasteiger partial charge in [-0.05, 0) is 17.7 Å². The molecule has 1 N–H and O–H groups in total. The molecule has 0 amide bonds. The molecule has 1 aromatic carbocycles. The van der Waals surface area contributed by atoms with Gasteiger partial charge >= 0.3 is 0 Å². The van der Waals surface area contributed by atoms with Crippen LogP contribution in [0.2, 0.25) is 0 Å². The van der Waals surface area contributed by atoms with Crippen LogP contribution in [0.1, 0.15) is 23.7 Å². The van der Waals surface area contributed by atoms with E-state index < -0.39 is 0 Å². The second kappa shape index (κ2) is 5.36. The fourth-order valence-electron chi connectivity index (χ4n) is 2.35. The van der Waals surface area contributed by atoms with Gasteiger partial charge in [0.1, 0.15) is 5.82 Å². The summed E-state index contributed by atoms with van der Waals surface area (Å²) in [6.07, 6.45) is 3.74. The van der Waals surface area contributed by atoms with Crippen LogP contribution in [0.5, 0.6) is 0 Å². The van der Waals surface area contributed by atoms with Crippen LogP contribution in [0.3, 0.4) is 0 Å². The van der Waals surface area contributed by atoms with E-state index in [-0.39, 0.29) is 0 Å². The maximum absolute atomic E-state index is 4.52. The number of fused-ring (bicyclic) bond motifs is 1. The Bertz CT molecular complexity index is 525. The van der Waals surface area contributed by atoms with Gasteiger partial charge in [-0.2, -0.15) is 0 Å². The average molecular weight is 254 g/mol. The Labute approximate surface area is 113 Å². The van der Waals surface area contributed by atoms with Gasteiger partial charge in [-0.3, -0.25) is 4.98 Å². The molecule has 0 fully saturated rings. The van der Waals surface area contributed by atoms with Crippen molar-refractivity contribution in [2.75, 3.05) is 11.4 Å². The first-order chi connectivity index (χ1) is 9.36. The first kappa shape index (κ1) is 12.1. The molecule has 19 heavy (non-hydrogen) atoms. The lowest BCUT2D eigenvalue weighted by atomic mass is 10.1. The van der Waals surface area contributed by atoms with Gasteiger partial charge in [-0.1, -0.05) is 31.2 Å². The van der Waals surface area contributed by atoms with E-state index in [1.165, 1.54) is 11.1 Å². The van der Waals surface area contributed by atoms with Crippen molar-refractivity contribution >= 4 is 5.82 Å². The van der Waals surface area contributed by atoms with E-state index >= 15 is 0 Å². The van der Waals surface area contributed by atoms with Crippen molar-refractivity contribution in [2.45, 2.75) is 26.6 Å². The predicted octanol–water partition coefficient (Wildman–Crippen LogP) is 2.11. The third-order valence-electron chi connectivity index (χ3n) is 3.41. The molecule has 2 heterocycles. The molecule has 0 aliphatic carbocycles. The lowest BCUT2D eigenvalue weighted by molar-refractivity contribution is 0.705. The van der Waals surface area contributed by atoms with Crippen molar-refractivity contribution in [3.63, 3.8) is 0 Å². The molecule has 4 heteroatoms. The zero-order valence-corrected chi connectivity index (χ0v) is 11.1. The third kappa shape index (κ3) is 2.58. The van der Waals surface area contributed by atoms with E-state index in [1.54, 1.807) is 0 Å². The SMILES string of the molecule is CCNCc1cnc(N2Cc3ccccc3C2)cn1. The van der Waals surface area contributed by atoms with Crippen molar-refractivity contribution in [3.05, 3.63) is 53.5 Å². The monoisotopic (exact) mass is 254 g/mol. The average Bonchev–Trinajstić information content (AvgIpc) is 2.89. The fraction of sp³-hybridized carbons (Fsp3) is 0.333. The Balaban J connectivity index is 1.71. The summed E-state index contributed by atoms with van der Waals surface area (Å²) in [4.78, 5) is 11.2. The molecule has 0 saturated carbocycles. The molecule has 0 bridgehead atoms. The number of hydrogen-bond acceptors (Lipinski definition) is 4. The molecule has 0 spiro atoms. The molecule has 1 aliphatic heterocycles. The van der Waals surface area contributed by atoms with Gasteiger partial charge in [0.25, 0.3) is 0 Å². The van der Waals surface area contributed by atoms with E-state index in [2.05, 4.69) is 51.4 Å². The van der Waals surface area contributed by atoms with E-state index in [0.717, 1.165) is 37.7 Å². The molecule has 4 nitrogen and oxygen atoms in total. The summed E-state index contributed by atoms with van der Waals surface area (Å²) in [7, 11) is 0. The highest BCUT2D eigenvalue weighted by molar-refractivity contribution is 5.45. The topological polar surface area (TPSA) is 41.1 Å². The van der Waals surface area contributed by atoms with Gasteiger partial charge in [-0.15, -0.1) is 0 Å². The Kier molecular flexibility index (Phi) is 3.42. The summed E-state index contributed by atoms with van der Waals surface area (Å²) < 4.78 is 0. The quantitative estimate of drug-likeness (QED) is 0.907. The number of hydrogen-bond donors (Lipinski definition) is 1. The number of nitrogens with zero attached hydrogens (tertiary/aromatic N) is 3. The molecule has 1 aromatic heterocycles. The zero-order chi connectivity index (χ0) is 13.1. The van der Waals surface area contributed by atoms with E-state index in [4.69, 9.17) is 0 Å². The van der Waals surface area contributed by atoms with Crippen LogP contribution in [0.4, 0.5) is 5.82 Å². The summed E-state index contributed by atoms with van der Waals surface area (Å²) >= 11 is 0. The van der Waals surface area contributed by atoms with Crippen molar-refractivity contribution < 1.29 is 0 Å². The Hall–Kier alpha value is -1.94. The Morgan fingerprint density at radius 2 is 1.84 bits per heavy atom. The molecule has 1 aliphatic rings. The van der Waals surface area contributed by atoms with Gasteiger partial charge < -0.3 is 10.2 Å². The summed E-state index contributed by atoms with van der Waals surface area (Å²) in [6.45, 7) is 5.67. The number of anilines is 1. The number of rotatable bonds is 4. The van der Waals surface area contributed by atoms with Crippen LogP contribution in [-0.2, 0) is 19.6 Å². The maximum atomic E-state index is 4.52. The smallest absolute Gasteiger partial charge is 0.147 e. The van der Waals surface area contributed by atoms with Gasteiger partial charge in [0.2, 0.25) is 0 Å². The molecule has 0 unspecified atom stereocenters. The fourth-order valence-corrected chi connectivity index (χ4v) is 2.35. The minimum absolute atomic E-state index is 0.782. The van der Waals surface area contributed by atoms with Crippen LogP contribution in [-0.4, -0.2) is 16.5 Å². The van der Waals surface area contributed by atoms with Crippen molar-refractivity contribution in [3.8, 4) is 0 Å². The second-order valence-electron chi connectivity index (χ2n) is 4.77.